The fraction of sp³-hybridized carbons (Fsp3) is 0.500. The molecule has 17 nitrogen and oxygen atoms in total. The van der Waals surface area contributed by atoms with Crippen LogP contribution in [-0.4, -0.2) is 87.5 Å². The minimum Gasteiger partial charge on any atom is -0.756 e. The molecule has 0 aliphatic carbocycles. The van der Waals surface area contributed by atoms with Gasteiger partial charge in [0.1, 0.15) is 30.2 Å². The van der Waals surface area contributed by atoms with Crippen LogP contribution >= 0.6 is 22.8 Å². The minimum atomic E-state index is -5.80. The number of anilines is 1. The molecule has 0 bridgehead atoms. The van der Waals surface area contributed by atoms with Gasteiger partial charge in [-0.05, 0) is 0 Å². The quantitative estimate of drug-likeness (QED) is 0.124. The number of aliphatic hydroxyl groups is 2. The Bertz CT molecular complexity index is 1060. The average molecular weight is 546 g/mol. The summed E-state index contributed by atoms with van der Waals surface area (Å²) >= 11 is 3.91. The Balaban J connectivity index is 0.00000363. The summed E-state index contributed by atoms with van der Waals surface area (Å²) in [5, 5.41) is 20.4. The van der Waals surface area contributed by atoms with Crippen molar-refractivity contribution < 1.29 is 56.8 Å². The SMILES string of the molecule is Nc1ncnc2c1ncn2[C@@H]1O[C@H](COP(=O)([O-])OP(=O)([O-])O[P+](O)(O)[S-])[C@@H](O)[C@H]1O.[Mg+2]. The van der Waals surface area contributed by atoms with Gasteiger partial charge in [0.15, 0.2) is 17.7 Å². The first-order valence-electron chi connectivity index (χ1n) is 7.88. The van der Waals surface area contributed by atoms with Gasteiger partial charge >= 0.3 is 30.9 Å². The molecule has 1 aliphatic heterocycles. The minimum absolute atomic E-state index is 0. The maximum atomic E-state index is 11.7. The van der Waals surface area contributed by atoms with Crippen LogP contribution in [0.25, 0.3) is 11.2 Å². The Morgan fingerprint density at radius 3 is 2.50 bits per heavy atom. The van der Waals surface area contributed by atoms with Gasteiger partial charge in [0, 0.05) is 0 Å². The topological polar surface area (TPSA) is 268 Å². The van der Waals surface area contributed by atoms with Crippen molar-refractivity contribution in [1.82, 2.24) is 19.5 Å². The molecular weight excluding hydrogens is 531 g/mol. The van der Waals surface area contributed by atoms with E-state index >= 15 is 0 Å². The Morgan fingerprint density at radius 2 is 1.88 bits per heavy atom. The monoisotopic (exact) mass is 545 g/mol. The summed E-state index contributed by atoms with van der Waals surface area (Å²) < 4.78 is 41.2. The van der Waals surface area contributed by atoms with E-state index in [1.807, 2.05) is 0 Å². The summed E-state index contributed by atoms with van der Waals surface area (Å²) in [4.78, 5) is 52.3. The van der Waals surface area contributed by atoms with Crippen LogP contribution in [0.15, 0.2) is 12.7 Å². The van der Waals surface area contributed by atoms with E-state index in [1.54, 1.807) is 0 Å². The van der Waals surface area contributed by atoms with Crippen molar-refractivity contribution in [3.05, 3.63) is 12.7 Å². The number of phosphoric acid groups is 2. The van der Waals surface area contributed by atoms with Crippen LogP contribution in [0.1, 0.15) is 6.23 Å². The molecule has 0 saturated carbocycles. The Labute approximate surface area is 200 Å². The van der Waals surface area contributed by atoms with Gasteiger partial charge in [0.25, 0.3) is 15.0 Å². The third-order valence-electron chi connectivity index (χ3n) is 3.80. The maximum Gasteiger partial charge on any atom is 2.00 e. The molecular formula is C10H14MgN5O12P3S. The van der Waals surface area contributed by atoms with Crippen molar-refractivity contribution in [2.75, 3.05) is 12.3 Å². The maximum absolute atomic E-state index is 11.7. The molecule has 0 amide bonds. The second-order valence-corrected chi connectivity index (χ2v) is 11.7. The van der Waals surface area contributed by atoms with Gasteiger partial charge in [0.2, 0.25) is 0 Å². The second-order valence-electron chi connectivity index (χ2n) is 5.97. The molecule has 0 spiro atoms. The van der Waals surface area contributed by atoms with Crippen molar-refractivity contribution >= 4 is 75.1 Å². The number of aliphatic hydroxyl groups excluding tert-OH is 2. The average Bonchev–Trinajstić information content (AvgIpc) is 3.13. The van der Waals surface area contributed by atoms with E-state index in [1.165, 1.54) is 10.9 Å². The van der Waals surface area contributed by atoms with Crippen LogP contribution in [-0.2, 0) is 39.3 Å². The van der Waals surface area contributed by atoms with E-state index in [9.17, 15) is 29.1 Å². The number of phosphoric ester groups is 1. The van der Waals surface area contributed by atoms with Crippen molar-refractivity contribution in [2.45, 2.75) is 24.5 Å². The van der Waals surface area contributed by atoms with Gasteiger partial charge < -0.3 is 47.2 Å². The van der Waals surface area contributed by atoms with Crippen molar-refractivity contribution in [3.63, 3.8) is 0 Å². The van der Waals surface area contributed by atoms with Crippen LogP contribution in [0, 0.1) is 0 Å². The molecule has 174 valence electrons. The standard InChI is InChI=1S/C10H16N5O12P3S.Mg/c11-8-5-9(13-2-12-8)15(3-14-5)10-7(17)6(16)4(25-10)1-24-28(18,19)26-29(20,21)27-30(22,23)31;/h2-4,6-7,10,16-17H,1H2,(H,18,19)(H,20,21)(H2,11,12,13)(H2,22,23,31);/q;+2/p-2/t4-,6-,7-,10-;/m1./s1. The molecule has 2 aromatic rings. The van der Waals surface area contributed by atoms with Gasteiger partial charge in [-0.25, -0.2) is 29.0 Å². The normalized spacial score (nSPS) is 27.6. The number of nitrogen functional groups attached to an aromatic ring is 1. The zero-order valence-corrected chi connectivity index (χ0v) is 20.5. The van der Waals surface area contributed by atoms with Crippen molar-refractivity contribution in [3.8, 4) is 0 Å². The number of fused-ring (bicyclic) bond motifs is 1. The molecule has 1 fully saturated rings. The van der Waals surface area contributed by atoms with Crippen LogP contribution in [0.4, 0.5) is 5.82 Å². The molecule has 6 atom stereocenters. The number of hydrogen-bond acceptors (Lipinski definition) is 17. The molecule has 2 aromatic heterocycles. The molecule has 22 heteroatoms. The first-order chi connectivity index (χ1) is 14.2. The summed E-state index contributed by atoms with van der Waals surface area (Å²) in [7, 11) is -16.3. The van der Waals surface area contributed by atoms with Gasteiger partial charge in [-0.3, -0.25) is 13.7 Å². The predicted octanol–water partition coefficient (Wildman–Crippen LogP) is -3.16. The van der Waals surface area contributed by atoms with Gasteiger partial charge in [-0.2, -0.15) is 0 Å². The van der Waals surface area contributed by atoms with E-state index in [0.29, 0.717) is 0 Å². The van der Waals surface area contributed by atoms with Crippen molar-refractivity contribution in [1.29, 1.82) is 0 Å². The van der Waals surface area contributed by atoms with E-state index in [-0.39, 0.29) is 40.0 Å². The molecule has 0 radical (unpaired) electrons. The molecule has 1 aliphatic rings. The van der Waals surface area contributed by atoms with E-state index < -0.39 is 53.9 Å². The largest absolute Gasteiger partial charge is 2.00 e. The van der Waals surface area contributed by atoms with E-state index in [0.717, 1.165) is 6.33 Å². The molecule has 3 heterocycles. The molecule has 0 aromatic carbocycles. The fourth-order valence-corrected chi connectivity index (χ4v) is 6.27. The zero-order chi connectivity index (χ0) is 23.2. The third-order valence-corrected chi connectivity index (χ3v) is 8.12. The summed E-state index contributed by atoms with van der Waals surface area (Å²) in [6.07, 6.45) is -3.73. The summed E-state index contributed by atoms with van der Waals surface area (Å²) in [6.45, 7) is -0.994. The summed E-state index contributed by atoms with van der Waals surface area (Å²) in [5.74, 6) is 0.0432. The summed E-state index contributed by atoms with van der Waals surface area (Å²) in [5.41, 5.74) is 6.00. The van der Waals surface area contributed by atoms with Crippen LogP contribution in [0.2, 0.25) is 0 Å². The number of nitrogens with zero attached hydrogens (tertiary/aromatic N) is 4. The van der Waals surface area contributed by atoms with E-state index in [4.69, 9.17) is 20.3 Å². The van der Waals surface area contributed by atoms with Crippen LogP contribution in [0.5, 0.6) is 0 Å². The Hall–Kier alpha value is -0.0438. The smallest absolute Gasteiger partial charge is 0.756 e. The molecule has 2 unspecified atom stereocenters. The van der Waals surface area contributed by atoms with Crippen LogP contribution in [0.3, 0.4) is 0 Å². The van der Waals surface area contributed by atoms with Gasteiger partial charge in [-0.1, -0.05) is 0 Å². The predicted molar refractivity (Wildman–Crippen MR) is 103 cm³/mol. The molecule has 3 rings (SSSR count). The van der Waals surface area contributed by atoms with Crippen LogP contribution < -0.4 is 15.5 Å². The fourth-order valence-electron chi connectivity index (χ4n) is 2.61. The molecule has 1 saturated heterocycles. The molecule has 6 N–H and O–H groups in total. The van der Waals surface area contributed by atoms with Gasteiger partial charge in [0.05, 0.1) is 12.9 Å². The number of ether oxygens (including phenoxy) is 1. The number of imidazole rings is 1. The number of rotatable bonds is 8. The van der Waals surface area contributed by atoms with Crippen molar-refractivity contribution in [2.24, 2.45) is 0 Å². The first-order valence-corrected chi connectivity index (χ1v) is 13.4. The summed E-state index contributed by atoms with van der Waals surface area (Å²) in [6, 6.07) is 0. The number of nitrogens with two attached hydrogens (primary N) is 1. The molecule has 32 heavy (non-hydrogen) atoms. The Morgan fingerprint density at radius 1 is 1.22 bits per heavy atom. The zero-order valence-electron chi connectivity index (χ0n) is 15.5. The second kappa shape index (κ2) is 10.3. The number of aromatic nitrogens is 4. The Kier molecular flexibility index (Phi) is 9.07. The number of hydrogen-bond donors (Lipinski definition) is 5. The third kappa shape index (κ3) is 6.76. The van der Waals surface area contributed by atoms with E-state index in [2.05, 4.69) is 40.3 Å². The van der Waals surface area contributed by atoms with Gasteiger partial charge in [-0.15, -0.1) is 4.31 Å². The first kappa shape index (κ1) is 28.2.